The molecule has 3 heteroatoms. The Morgan fingerprint density at radius 2 is 2.11 bits per heavy atom. The van der Waals surface area contributed by atoms with Crippen molar-refractivity contribution in [3.63, 3.8) is 0 Å². The second-order valence-electron chi connectivity index (χ2n) is 5.71. The molecule has 3 rings (SSSR count). The van der Waals surface area contributed by atoms with Gasteiger partial charge in [-0.2, -0.15) is 0 Å². The van der Waals surface area contributed by atoms with E-state index in [-0.39, 0.29) is 11.9 Å². The number of fused-ring (bicyclic) bond motifs is 3. The van der Waals surface area contributed by atoms with Crippen LogP contribution in [0, 0.1) is 5.92 Å². The fourth-order valence-electron chi connectivity index (χ4n) is 3.32. The molecule has 0 saturated carbocycles. The summed E-state index contributed by atoms with van der Waals surface area (Å²) in [5.41, 5.74) is 3.81. The number of para-hydroxylation sites is 1. The Balaban J connectivity index is 2.18. The standard InChI is InChI=1S/C16H20N2O/c1-10(2)16-15-13(8-9-18(16)11(3)19)12-6-4-5-7-14(12)17-15/h4-7,10,16-17H,8-9H2,1-3H3/t16-/m0/s1. The number of hydrogen-bond acceptors (Lipinski definition) is 1. The van der Waals surface area contributed by atoms with E-state index in [0.717, 1.165) is 13.0 Å². The molecule has 1 N–H and O–H groups in total. The molecular weight excluding hydrogens is 236 g/mol. The van der Waals surface area contributed by atoms with E-state index < -0.39 is 0 Å². The highest BCUT2D eigenvalue weighted by atomic mass is 16.2. The van der Waals surface area contributed by atoms with Gasteiger partial charge in [-0.05, 0) is 24.0 Å². The molecule has 0 saturated heterocycles. The highest BCUT2D eigenvalue weighted by Crippen LogP contribution is 2.38. The number of hydrogen-bond donors (Lipinski definition) is 1. The maximum absolute atomic E-state index is 11.9. The van der Waals surface area contributed by atoms with Crippen molar-refractivity contribution in [3.05, 3.63) is 35.5 Å². The van der Waals surface area contributed by atoms with Crippen LogP contribution < -0.4 is 0 Å². The largest absolute Gasteiger partial charge is 0.356 e. The predicted molar refractivity (Wildman–Crippen MR) is 77.0 cm³/mol. The third-order valence-electron chi connectivity index (χ3n) is 4.12. The molecule has 0 radical (unpaired) electrons. The fraction of sp³-hybridized carbons (Fsp3) is 0.438. The minimum atomic E-state index is 0.169. The van der Waals surface area contributed by atoms with Crippen LogP contribution in [-0.2, 0) is 11.2 Å². The van der Waals surface area contributed by atoms with Gasteiger partial charge in [0.25, 0.3) is 0 Å². The topological polar surface area (TPSA) is 36.1 Å². The number of aromatic nitrogens is 1. The van der Waals surface area contributed by atoms with E-state index >= 15 is 0 Å². The van der Waals surface area contributed by atoms with Crippen LogP contribution in [0.5, 0.6) is 0 Å². The van der Waals surface area contributed by atoms with Crippen LogP contribution in [0.4, 0.5) is 0 Å². The van der Waals surface area contributed by atoms with Gasteiger partial charge in [0.1, 0.15) is 0 Å². The Morgan fingerprint density at radius 1 is 1.37 bits per heavy atom. The average Bonchev–Trinajstić information content (AvgIpc) is 2.75. The minimum Gasteiger partial charge on any atom is -0.356 e. The van der Waals surface area contributed by atoms with E-state index in [9.17, 15) is 4.79 Å². The first-order valence-electron chi connectivity index (χ1n) is 6.96. The maximum atomic E-state index is 11.9. The molecule has 1 amide bonds. The summed E-state index contributed by atoms with van der Waals surface area (Å²) in [7, 11) is 0. The summed E-state index contributed by atoms with van der Waals surface area (Å²) < 4.78 is 0. The number of carbonyl (C=O) groups is 1. The van der Waals surface area contributed by atoms with E-state index in [4.69, 9.17) is 0 Å². The molecule has 1 aromatic heterocycles. The Kier molecular flexibility index (Phi) is 2.85. The summed E-state index contributed by atoms with van der Waals surface area (Å²) in [5.74, 6) is 0.582. The van der Waals surface area contributed by atoms with Gasteiger partial charge in [-0.1, -0.05) is 32.0 Å². The molecule has 100 valence electrons. The summed E-state index contributed by atoms with van der Waals surface area (Å²) in [5, 5.41) is 1.31. The molecule has 19 heavy (non-hydrogen) atoms. The maximum Gasteiger partial charge on any atom is 0.220 e. The lowest BCUT2D eigenvalue weighted by Crippen LogP contribution is -2.41. The molecule has 0 bridgehead atoms. The zero-order valence-electron chi connectivity index (χ0n) is 11.7. The van der Waals surface area contributed by atoms with Gasteiger partial charge in [-0.3, -0.25) is 4.79 Å². The van der Waals surface area contributed by atoms with Crippen molar-refractivity contribution in [2.75, 3.05) is 6.54 Å². The first-order valence-corrected chi connectivity index (χ1v) is 6.96. The summed E-state index contributed by atoms with van der Waals surface area (Å²) in [6, 6.07) is 8.60. The van der Waals surface area contributed by atoms with Crippen LogP contribution in [0.2, 0.25) is 0 Å². The Bertz CT molecular complexity index is 627. The van der Waals surface area contributed by atoms with Crippen LogP contribution >= 0.6 is 0 Å². The van der Waals surface area contributed by atoms with Crippen LogP contribution in [0.15, 0.2) is 24.3 Å². The van der Waals surface area contributed by atoms with E-state index in [2.05, 4.69) is 43.1 Å². The van der Waals surface area contributed by atoms with Crippen molar-refractivity contribution in [1.29, 1.82) is 0 Å². The quantitative estimate of drug-likeness (QED) is 0.835. The molecule has 2 heterocycles. The summed E-state index contributed by atoms with van der Waals surface area (Å²) in [6.07, 6.45) is 0.947. The second-order valence-corrected chi connectivity index (χ2v) is 5.71. The number of nitrogens with zero attached hydrogens (tertiary/aromatic N) is 1. The number of carbonyl (C=O) groups excluding carboxylic acids is 1. The van der Waals surface area contributed by atoms with Gasteiger partial charge in [-0.15, -0.1) is 0 Å². The van der Waals surface area contributed by atoms with Gasteiger partial charge in [0.2, 0.25) is 5.91 Å². The third-order valence-corrected chi connectivity index (χ3v) is 4.12. The first-order chi connectivity index (χ1) is 9.09. The summed E-state index contributed by atoms with van der Waals surface area (Å²) >= 11 is 0. The summed E-state index contributed by atoms with van der Waals surface area (Å²) in [4.78, 5) is 17.4. The lowest BCUT2D eigenvalue weighted by Gasteiger charge is -2.37. The van der Waals surface area contributed by atoms with Gasteiger partial charge in [0.15, 0.2) is 0 Å². The fourth-order valence-corrected chi connectivity index (χ4v) is 3.32. The van der Waals surface area contributed by atoms with Crippen molar-refractivity contribution in [1.82, 2.24) is 9.88 Å². The van der Waals surface area contributed by atoms with E-state index in [0.29, 0.717) is 5.92 Å². The molecule has 0 unspecified atom stereocenters. The van der Waals surface area contributed by atoms with E-state index in [1.165, 1.54) is 22.2 Å². The highest BCUT2D eigenvalue weighted by Gasteiger charge is 2.33. The minimum absolute atomic E-state index is 0.169. The third kappa shape index (κ3) is 1.84. The van der Waals surface area contributed by atoms with Crippen molar-refractivity contribution < 1.29 is 4.79 Å². The Labute approximate surface area is 113 Å². The normalized spacial score (nSPS) is 18.9. The second kappa shape index (κ2) is 4.41. The summed E-state index contributed by atoms with van der Waals surface area (Å²) in [6.45, 7) is 6.86. The molecule has 0 aliphatic carbocycles. The zero-order chi connectivity index (χ0) is 13.6. The molecule has 2 aromatic rings. The number of nitrogens with one attached hydrogen (secondary N) is 1. The van der Waals surface area contributed by atoms with Gasteiger partial charge in [0, 0.05) is 30.1 Å². The smallest absolute Gasteiger partial charge is 0.220 e. The number of aromatic amines is 1. The Hall–Kier alpha value is -1.77. The van der Waals surface area contributed by atoms with Gasteiger partial charge in [0.05, 0.1) is 6.04 Å². The van der Waals surface area contributed by atoms with Crippen LogP contribution in [0.3, 0.4) is 0 Å². The predicted octanol–water partition coefficient (Wildman–Crippen LogP) is 3.27. The zero-order valence-corrected chi connectivity index (χ0v) is 11.7. The molecular formula is C16H20N2O. The first kappa shape index (κ1) is 12.3. The van der Waals surface area contributed by atoms with Gasteiger partial charge in [-0.25, -0.2) is 0 Å². The lowest BCUT2D eigenvalue weighted by atomic mass is 9.90. The van der Waals surface area contributed by atoms with Gasteiger partial charge < -0.3 is 9.88 Å². The highest BCUT2D eigenvalue weighted by molar-refractivity contribution is 5.86. The Morgan fingerprint density at radius 3 is 2.79 bits per heavy atom. The SMILES string of the molecule is CC(=O)N1CCc2c([nH]c3ccccc23)[C@@H]1C(C)C. The lowest BCUT2D eigenvalue weighted by molar-refractivity contribution is -0.132. The molecule has 0 fully saturated rings. The number of H-pyrrole nitrogens is 1. The molecule has 0 spiro atoms. The number of rotatable bonds is 1. The number of amides is 1. The van der Waals surface area contributed by atoms with E-state index in [1.807, 2.05) is 4.90 Å². The van der Waals surface area contributed by atoms with Crippen LogP contribution in [-0.4, -0.2) is 22.3 Å². The van der Waals surface area contributed by atoms with Crippen LogP contribution in [0.25, 0.3) is 10.9 Å². The van der Waals surface area contributed by atoms with Crippen LogP contribution in [0.1, 0.15) is 38.1 Å². The van der Waals surface area contributed by atoms with Crippen molar-refractivity contribution in [2.45, 2.75) is 33.2 Å². The van der Waals surface area contributed by atoms with Crippen molar-refractivity contribution >= 4 is 16.8 Å². The van der Waals surface area contributed by atoms with Gasteiger partial charge >= 0.3 is 0 Å². The molecule has 1 atom stereocenters. The number of benzene rings is 1. The molecule has 1 aliphatic heterocycles. The molecule has 1 aromatic carbocycles. The monoisotopic (exact) mass is 256 g/mol. The van der Waals surface area contributed by atoms with Crippen molar-refractivity contribution in [2.24, 2.45) is 5.92 Å². The average molecular weight is 256 g/mol. The molecule has 3 nitrogen and oxygen atoms in total. The van der Waals surface area contributed by atoms with E-state index in [1.54, 1.807) is 6.92 Å². The van der Waals surface area contributed by atoms with Crippen molar-refractivity contribution in [3.8, 4) is 0 Å². The molecule has 1 aliphatic rings.